The Kier molecular flexibility index (Phi) is 3.84. The van der Waals surface area contributed by atoms with Crippen LogP contribution in [0.3, 0.4) is 0 Å². The zero-order chi connectivity index (χ0) is 12.6. The fraction of sp³-hybridized carbons (Fsp3) is 1.00. The van der Waals surface area contributed by atoms with Gasteiger partial charge in [0.15, 0.2) is 0 Å². The number of fused-ring (bicyclic) bond motifs is 1. The summed E-state index contributed by atoms with van der Waals surface area (Å²) in [6.45, 7) is 10.2. The highest BCUT2D eigenvalue weighted by Gasteiger charge is 2.45. The van der Waals surface area contributed by atoms with Crippen LogP contribution in [0.25, 0.3) is 0 Å². The van der Waals surface area contributed by atoms with Crippen LogP contribution in [0.2, 0.25) is 0 Å². The molecule has 2 heteroatoms. The average Bonchev–Trinajstić information content (AvgIpc) is 2.26. The number of rotatable bonds is 2. The lowest BCUT2D eigenvalue weighted by Gasteiger charge is -2.55. The lowest BCUT2D eigenvalue weighted by atomic mass is 9.67. The summed E-state index contributed by atoms with van der Waals surface area (Å²) in [5.41, 5.74) is 0.374. The van der Waals surface area contributed by atoms with Gasteiger partial charge in [0, 0.05) is 18.2 Å². The van der Waals surface area contributed by atoms with Gasteiger partial charge in [-0.1, -0.05) is 6.92 Å². The molecule has 0 bridgehead atoms. The zero-order valence-electron chi connectivity index (χ0n) is 12.2. The molecule has 0 N–H and O–H groups in total. The van der Waals surface area contributed by atoms with Gasteiger partial charge in [0.2, 0.25) is 0 Å². The van der Waals surface area contributed by atoms with Crippen LogP contribution in [0, 0.1) is 11.8 Å². The normalized spacial score (nSPS) is 42.2. The molecule has 1 heterocycles. The van der Waals surface area contributed by atoms with Crippen molar-refractivity contribution in [3.05, 3.63) is 0 Å². The second kappa shape index (κ2) is 4.89. The van der Waals surface area contributed by atoms with Gasteiger partial charge in [-0.25, -0.2) is 0 Å². The molecule has 0 aromatic carbocycles. The lowest BCUT2D eigenvalue weighted by Crippen LogP contribution is -2.59. The minimum atomic E-state index is 0.374. The molecule has 1 aliphatic carbocycles. The van der Waals surface area contributed by atoms with Crippen LogP contribution in [0.15, 0.2) is 0 Å². The molecule has 1 saturated heterocycles. The van der Waals surface area contributed by atoms with E-state index >= 15 is 0 Å². The Bertz CT molecular complexity index is 264. The molecule has 2 nitrogen and oxygen atoms in total. The smallest absolute Gasteiger partial charge is 0.0578 e. The highest BCUT2D eigenvalue weighted by atomic mass is 16.5. The van der Waals surface area contributed by atoms with Gasteiger partial charge in [0.25, 0.3) is 0 Å². The summed E-state index contributed by atoms with van der Waals surface area (Å²) < 4.78 is 5.85. The van der Waals surface area contributed by atoms with E-state index in [2.05, 4.69) is 39.6 Å². The van der Waals surface area contributed by atoms with Crippen molar-refractivity contribution in [1.29, 1.82) is 0 Å². The van der Waals surface area contributed by atoms with Gasteiger partial charge in [-0.2, -0.15) is 0 Å². The van der Waals surface area contributed by atoms with Crippen LogP contribution < -0.4 is 0 Å². The molecule has 100 valence electrons. The predicted octanol–water partition coefficient (Wildman–Crippen LogP) is 3.31. The first kappa shape index (κ1) is 13.4. The minimum Gasteiger partial charge on any atom is -0.378 e. The third-order valence-electron chi connectivity index (χ3n) is 5.22. The van der Waals surface area contributed by atoms with Crippen molar-refractivity contribution in [2.24, 2.45) is 11.8 Å². The highest BCUT2D eigenvalue weighted by Crippen LogP contribution is 2.44. The average molecular weight is 239 g/mol. The topological polar surface area (TPSA) is 12.5 Å². The van der Waals surface area contributed by atoms with E-state index in [1.54, 1.807) is 0 Å². The molecule has 2 aliphatic rings. The summed E-state index contributed by atoms with van der Waals surface area (Å²) >= 11 is 0. The number of likely N-dealkylation sites (tertiary alicyclic amines) is 1. The molecule has 0 spiro atoms. The Morgan fingerprint density at radius 1 is 1.29 bits per heavy atom. The van der Waals surface area contributed by atoms with E-state index in [0.29, 0.717) is 11.6 Å². The Morgan fingerprint density at radius 3 is 2.65 bits per heavy atom. The first-order valence-corrected chi connectivity index (χ1v) is 7.30. The Labute approximate surface area is 107 Å². The van der Waals surface area contributed by atoms with E-state index in [9.17, 15) is 0 Å². The number of ether oxygens (including phenoxy) is 1. The van der Waals surface area contributed by atoms with E-state index in [1.165, 1.54) is 25.7 Å². The van der Waals surface area contributed by atoms with E-state index in [0.717, 1.165) is 24.5 Å². The minimum absolute atomic E-state index is 0.374. The summed E-state index contributed by atoms with van der Waals surface area (Å²) in [6, 6.07) is 0.783. The first-order valence-electron chi connectivity index (χ1n) is 7.30. The van der Waals surface area contributed by atoms with Crippen LogP contribution in [-0.4, -0.2) is 36.2 Å². The fourth-order valence-electron chi connectivity index (χ4n) is 4.16. The molecule has 0 amide bonds. The van der Waals surface area contributed by atoms with Crippen LogP contribution in [0.1, 0.15) is 53.4 Å². The van der Waals surface area contributed by atoms with Gasteiger partial charge < -0.3 is 4.74 Å². The molecule has 2 rings (SSSR count). The number of piperidine rings is 1. The summed E-state index contributed by atoms with van der Waals surface area (Å²) in [5, 5.41) is 0. The first-order chi connectivity index (χ1) is 7.95. The van der Waals surface area contributed by atoms with Crippen molar-refractivity contribution in [2.75, 3.05) is 13.7 Å². The van der Waals surface area contributed by atoms with Crippen molar-refractivity contribution in [3.63, 3.8) is 0 Å². The molecule has 0 aromatic rings. The van der Waals surface area contributed by atoms with Crippen LogP contribution >= 0.6 is 0 Å². The Balaban J connectivity index is 2.07. The van der Waals surface area contributed by atoms with Crippen molar-refractivity contribution in [3.8, 4) is 0 Å². The monoisotopic (exact) mass is 239 g/mol. The number of hydrogen-bond acceptors (Lipinski definition) is 2. The Hall–Kier alpha value is -0.0800. The molecule has 1 saturated carbocycles. The van der Waals surface area contributed by atoms with Gasteiger partial charge in [-0.05, 0) is 65.3 Å². The van der Waals surface area contributed by atoms with E-state index in [4.69, 9.17) is 4.74 Å². The van der Waals surface area contributed by atoms with Crippen molar-refractivity contribution >= 4 is 0 Å². The van der Waals surface area contributed by atoms with Crippen LogP contribution in [0.4, 0.5) is 0 Å². The second-order valence-corrected chi connectivity index (χ2v) is 6.73. The molecule has 0 radical (unpaired) electrons. The summed E-state index contributed by atoms with van der Waals surface area (Å²) in [6.07, 6.45) is 5.70. The molecule has 1 aliphatic heterocycles. The predicted molar refractivity (Wildman–Crippen MR) is 72.2 cm³/mol. The van der Waals surface area contributed by atoms with Gasteiger partial charge in [0.05, 0.1) is 6.10 Å². The van der Waals surface area contributed by atoms with Crippen molar-refractivity contribution < 1.29 is 4.74 Å². The molecule has 17 heavy (non-hydrogen) atoms. The lowest BCUT2D eigenvalue weighted by molar-refractivity contribution is -0.0814. The maximum absolute atomic E-state index is 5.85. The van der Waals surface area contributed by atoms with E-state index in [-0.39, 0.29) is 0 Å². The van der Waals surface area contributed by atoms with Gasteiger partial charge >= 0.3 is 0 Å². The molecular formula is C15H29NO. The summed E-state index contributed by atoms with van der Waals surface area (Å²) in [4.78, 5) is 2.64. The number of nitrogens with zero attached hydrogens (tertiary/aromatic N) is 1. The molecular weight excluding hydrogens is 210 g/mol. The van der Waals surface area contributed by atoms with E-state index in [1.807, 2.05) is 0 Å². The maximum atomic E-state index is 5.85. The van der Waals surface area contributed by atoms with Gasteiger partial charge in [0.1, 0.15) is 0 Å². The standard InChI is InChI=1S/C15H29NO/c1-6-17-12-7-8-14-13(9-12)11(2)10-15(3,4)16(14)5/h11-14H,6-10H2,1-5H3. The second-order valence-electron chi connectivity index (χ2n) is 6.73. The molecule has 4 atom stereocenters. The molecule has 4 unspecified atom stereocenters. The number of hydrogen-bond donors (Lipinski definition) is 0. The summed E-state index contributed by atoms with van der Waals surface area (Å²) in [7, 11) is 2.32. The quantitative estimate of drug-likeness (QED) is 0.733. The fourth-order valence-corrected chi connectivity index (χ4v) is 4.16. The van der Waals surface area contributed by atoms with Crippen LogP contribution in [0.5, 0.6) is 0 Å². The third-order valence-corrected chi connectivity index (χ3v) is 5.22. The Morgan fingerprint density at radius 2 is 2.00 bits per heavy atom. The molecule has 0 aromatic heterocycles. The van der Waals surface area contributed by atoms with Gasteiger partial charge in [-0.3, -0.25) is 4.90 Å². The zero-order valence-corrected chi connectivity index (χ0v) is 12.2. The highest BCUT2D eigenvalue weighted by molar-refractivity contribution is 4.99. The largest absolute Gasteiger partial charge is 0.378 e. The van der Waals surface area contributed by atoms with Crippen LogP contribution in [-0.2, 0) is 4.74 Å². The SMILES string of the molecule is CCOC1CCC2C(C1)C(C)CC(C)(C)N2C. The van der Waals surface area contributed by atoms with Crippen molar-refractivity contribution in [2.45, 2.75) is 71.1 Å². The van der Waals surface area contributed by atoms with E-state index < -0.39 is 0 Å². The third kappa shape index (κ3) is 2.53. The molecule has 2 fully saturated rings. The summed E-state index contributed by atoms with van der Waals surface area (Å²) in [5.74, 6) is 1.69. The maximum Gasteiger partial charge on any atom is 0.0578 e. The van der Waals surface area contributed by atoms with Gasteiger partial charge in [-0.15, -0.1) is 0 Å². The van der Waals surface area contributed by atoms with Crippen molar-refractivity contribution in [1.82, 2.24) is 4.90 Å².